The highest BCUT2D eigenvalue weighted by Gasteiger charge is 2.11. The Labute approximate surface area is 125 Å². The molecule has 3 aromatic rings. The van der Waals surface area contributed by atoms with E-state index in [1.807, 2.05) is 20.0 Å². The second-order valence-electron chi connectivity index (χ2n) is 4.67. The first-order valence-corrected chi connectivity index (χ1v) is 6.75. The topological polar surface area (TPSA) is 75.6 Å². The van der Waals surface area contributed by atoms with Crippen LogP contribution >= 0.6 is 12.2 Å². The predicted octanol–water partition coefficient (Wildman–Crippen LogP) is 2.59. The van der Waals surface area contributed by atoms with Gasteiger partial charge in [-0.1, -0.05) is 12.2 Å². The molecule has 3 heterocycles. The molecule has 1 amide bonds. The van der Waals surface area contributed by atoms with E-state index in [1.165, 1.54) is 0 Å². The maximum atomic E-state index is 12.2. The number of nitrogens with one attached hydrogen (secondary N) is 2. The van der Waals surface area contributed by atoms with Crippen LogP contribution in [0.5, 0.6) is 0 Å². The number of aryl methyl sites for hydroxylation is 2. The molecule has 0 saturated heterocycles. The van der Waals surface area contributed by atoms with Crippen LogP contribution in [0.25, 0.3) is 11.0 Å². The molecule has 0 aromatic carbocycles. The van der Waals surface area contributed by atoms with Crippen LogP contribution in [0.3, 0.4) is 0 Å². The molecular weight excluding hydrogens is 286 g/mol. The minimum Gasteiger partial charge on any atom is -0.352 e. The van der Waals surface area contributed by atoms with Crippen molar-refractivity contribution in [2.75, 3.05) is 5.32 Å². The Bertz CT molecular complexity index is 896. The van der Waals surface area contributed by atoms with Crippen LogP contribution in [-0.4, -0.2) is 25.7 Å². The van der Waals surface area contributed by atoms with Crippen LogP contribution in [0.2, 0.25) is 0 Å². The summed E-state index contributed by atoms with van der Waals surface area (Å²) in [4.78, 5) is 19.4. The lowest BCUT2D eigenvalue weighted by Gasteiger charge is -2.05. The van der Waals surface area contributed by atoms with Gasteiger partial charge in [0.15, 0.2) is 5.65 Å². The number of rotatable bonds is 2. The zero-order valence-corrected chi connectivity index (χ0v) is 12.4. The molecule has 0 aliphatic carbocycles. The lowest BCUT2D eigenvalue weighted by atomic mass is 10.2. The number of hydrogen-bond acceptors (Lipinski definition) is 4. The number of carbonyl (C=O) groups is 1. The van der Waals surface area contributed by atoms with E-state index in [-0.39, 0.29) is 5.91 Å². The van der Waals surface area contributed by atoms with Gasteiger partial charge in [-0.15, -0.1) is 0 Å². The van der Waals surface area contributed by atoms with E-state index in [2.05, 4.69) is 20.4 Å². The third kappa shape index (κ3) is 2.43. The number of pyridine rings is 2. The molecule has 21 heavy (non-hydrogen) atoms. The van der Waals surface area contributed by atoms with Crippen molar-refractivity contribution in [1.29, 1.82) is 0 Å². The molecule has 106 valence electrons. The molecule has 0 fully saturated rings. The van der Waals surface area contributed by atoms with Gasteiger partial charge in [-0.2, -0.15) is 5.10 Å². The van der Waals surface area contributed by atoms with E-state index in [0.717, 1.165) is 16.7 Å². The molecule has 3 rings (SSSR count). The van der Waals surface area contributed by atoms with Crippen molar-refractivity contribution < 1.29 is 4.79 Å². The Hall–Kier alpha value is -2.54. The highest BCUT2D eigenvalue weighted by Crippen LogP contribution is 2.19. The molecule has 0 saturated carbocycles. The summed E-state index contributed by atoms with van der Waals surface area (Å²) in [5.41, 5.74) is 2.69. The molecule has 0 unspecified atom stereocenters. The number of amides is 1. The Kier molecular flexibility index (Phi) is 3.26. The van der Waals surface area contributed by atoms with Crippen molar-refractivity contribution in [1.82, 2.24) is 19.7 Å². The van der Waals surface area contributed by atoms with Gasteiger partial charge < -0.3 is 10.3 Å². The average Bonchev–Trinajstić information content (AvgIpc) is 2.74. The maximum Gasteiger partial charge on any atom is 0.258 e. The van der Waals surface area contributed by atoms with Gasteiger partial charge in [0.2, 0.25) is 0 Å². The van der Waals surface area contributed by atoms with Gasteiger partial charge in [-0.25, -0.2) is 4.98 Å². The van der Waals surface area contributed by atoms with Crippen molar-refractivity contribution in [2.24, 2.45) is 7.05 Å². The highest BCUT2D eigenvalue weighted by molar-refractivity contribution is 7.71. The number of aromatic nitrogens is 4. The molecule has 0 spiro atoms. The zero-order valence-electron chi connectivity index (χ0n) is 11.5. The maximum absolute atomic E-state index is 12.2. The summed E-state index contributed by atoms with van der Waals surface area (Å²) in [5, 5.41) is 8.02. The van der Waals surface area contributed by atoms with Crippen LogP contribution in [0, 0.1) is 11.6 Å². The lowest BCUT2D eigenvalue weighted by molar-refractivity contribution is 0.102. The van der Waals surface area contributed by atoms with Crippen molar-refractivity contribution in [3.8, 4) is 0 Å². The summed E-state index contributed by atoms with van der Waals surface area (Å²) in [6.45, 7) is 1.91. The predicted molar refractivity (Wildman–Crippen MR) is 82.8 cm³/mol. The van der Waals surface area contributed by atoms with Gasteiger partial charge in [0.1, 0.15) is 4.64 Å². The number of aromatic amines is 1. The molecule has 0 radical (unpaired) electrons. The highest BCUT2D eigenvalue weighted by atomic mass is 32.1. The average molecular weight is 299 g/mol. The molecule has 2 N–H and O–H groups in total. The summed E-state index contributed by atoms with van der Waals surface area (Å²) in [7, 11) is 1.84. The Balaban J connectivity index is 1.95. The van der Waals surface area contributed by atoms with Crippen molar-refractivity contribution in [3.63, 3.8) is 0 Å². The van der Waals surface area contributed by atoms with E-state index in [0.29, 0.717) is 15.9 Å². The van der Waals surface area contributed by atoms with Gasteiger partial charge in [0.25, 0.3) is 5.91 Å². The van der Waals surface area contributed by atoms with Crippen LogP contribution in [0.1, 0.15) is 16.1 Å². The normalized spacial score (nSPS) is 10.8. The van der Waals surface area contributed by atoms with Crippen molar-refractivity contribution >= 4 is 34.8 Å². The minimum atomic E-state index is -0.264. The van der Waals surface area contributed by atoms with Crippen LogP contribution in [0.4, 0.5) is 5.69 Å². The summed E-state index contributed by atoms with van der Waals surface area (Å²) in [6.07, 6.45) is 3.29. The molecule has 6 nitrogen and oxygen atoms in total. The minimum absolute atomic E-state index is 0.264. The Morgan fingerprint density at radius 1 is 1.48 bits per heavy atom. The third-order valence-electron chi connectivity index (χ3n) is 3.18. The molecule has 3 aromatic heterocycles. The van der Waals surface area contributed by atoms with E-state index in [4.69, 9.17) is 12.2 Å². The zero-order chi connectivity index (χ0) is 15.0. The van der Waals surface area contributed by atoms with Gasteiger partial charge in [0, 0.05) is 18.6 Å². The fourth-order valence-electron chi connectivity index (χ4n) is 2.18. The van der Waals surface area contributed by atoms with Crippen LogP contribution in [-0.2, 0) is 7.05 Å². The third-order valence-corrected chi connectivity index (χ3v) is 3.52. The number of nitrogens with zero attached hydrogens (tertiary/aromatic N) is 3. The van der Waals surface area contributed by atoms with E-state index >= 15 is 0 Å². The first-order valence-electron chi connectivity index (χ1n) is 6.34. The number of carbonyl (C=O) groups excluding carboxylic acids is 1. The quantitative estimate of drug-likeness (QED) is 0.713. The molecular formula is C14H13N5OS. The Morgan fingerprint density at radius 3 is 3.05 bits per heavy atom. The monoisotopic (exact) mass is 299 g/mol. The molecule has 0 aliphatic heterocycles. The van der Waals surface area contributed by atoms with Crippen molar-refractivity contribution in [3.05, 3.63) is 46.5 Å². The van der Waals surface area contributed by atoms with Gasteiger partial charge in [0.05, 0.1) is 23.1 Å². The van der Waals surface area contributed by atoms with E-state index < -0.39 is 0 Å². The molecule has 7 heteroatoms. The van der Waals surface area contributed by atoms with Crippen LogP contribution in [0.15, 0.2) is 30.6 Å². The Morgan fingerprint density at radius 2 is 2.29 bits per heavy atom. The number of anilines is 1. The summed E-state index contributed by atoms with van der Waals surface area (Å²) in [6, 6.07) is 5.27. The molecule has 0 bridgehead atoms. The summed E-state index contributed by atoms with van der Waals surface area (Å²) in [5.74, 6) is -0.264. The van der Waals surface area contributed by atoms with E-state index in [1.54, 1.807) is 29.2 Å². The smallest absolute Gasteiger partial charge is 0.258 e. The number of H-pyrrole nitrogens is 1. The second-order valence-corrected chi connectivity index (χ2v) is 5.08. The van der Waals surface area contributed by atoms with Gasteiger partial charge in [-0.05, 0) is 25.1 Å². The van der Waals surface area contributed by atoms with Crippen molar-refractivity contribution in [2.45, 2.75) is 6.92 Å². The van der Waals surface area contributed by atoms with Gasteiger partial charge >= 0.3 is 0 Å². The fraction of sp³-hybridized carbons (Fsp3) is 0.143. The lowest BCUT2D eigenvalue weighted by Crippen LogP contribution is -2.13. The number of fused-ring (bicyclic) bond motifs is 1. The largest absolute Gasteiger partial charge is 0.352 e. The SMILES string of the molecule is Cc1nn(C)c2ncc(NC(=O)c3ccc[nH]c3=S)cc12. The molecule has 0 aliphatic rings. The summed E-state index contributed by atoms with van der Waals surface area (Å²) >= 11 is 5.10. The first kappa shape index (κ1) is 13.4. The number of hydrogen-bond donors (Lipinski definition) is 2. The van der Waals surface area contributed by atoms with Gasteiger partial charge in [-0.3, -0.25) is 9.48 Å². The molecule has 0 atom stereocenters. The van der Waals surface area contributed by atoms with E-state index in [9.17, 15) is 4.79 Å². The summed E-state index contributed by atoms with van der Waals surface area (Å²) < 4.78 is 2.12. The fourth-order valence-corrected chi connectivity index (χ4v) is 2.40. The van der Waals surface area contributed by atoms with Crippen LogP contribution < -0.4 is 5.32 Å². The first-order chi connectivity index (χ1) is 10.1. The standard InChI is InChI=1S/C14H13N5OS/c1-8-11-6-9(7-16-12(11)19(2)18-8)17-13(20)10-4-3-5-15-14(10)21/h3-7H,1-2H3,(H,15,21)(H,17,20). The second kappa shape index (κ2) is 5.10.